The zero-order valence-electron chi connectivity index (χ0n) is 14.5. The Kier molecular flexibility index (Phi) is 5.37. The highest BCUT2D eigenvalue weighted by atomic mass is 32.2. The van der Waals surface area contributed by atoms with Crippen LogP contribution in [-0.4, -0.2) is 10.7 Å². The smallest absolute Gasteiger partial charge is 0.0270 e. The lowest BCUT2D eigenvalue weighted by Gasteiger charge is -2.18. The van der Waals surface area contributed by atoms with Crippen molar-refractivity contribution in [2.45, 2.75) is 31.6 Å². The molecule has 0 saturated carbocycles. The summed E-state index contributed by atoms with van der Waals surface area (Å²) in [6.45, 7) is 6.49. The molecule has 0 aliphatic heterocycles. The molecule has 1 unspecified atom stereocenters. The number of aryl methyl sites for hydroxylation is 3. The van der Waals surface area contributed by atoms with Gasteiger partial charge in [-0.05, 0) is 67.3 Å². The van der Waals surface area contributed by atoms with E-state index < -0.39 is 0 Å². The molecule has 0 fully saturated rings. The summed E-state index contributed by atoms with van der Waals surface area (Å²) in [5.74, 6) is 1.40. The van der Waals surface area contributed by atoms with Crippen LogP contribution < -0.4 is 0 Å². The quantitative estimate of drug-likeness (QED) is 0.537. The predicted molar refractivity (Wildman–Crippen MR) is 104 cm³/mol. The molecule has 1 heterocycles. The first-order valence-corrected chi connectivity index (χ1v) is 9.28. The maximum absolute atomic E-state index is 4.17. The molecule has 0 amide bonds. The molecule has 0 saturated heterocycles. The van der Waals surface area contributed by atoms with Gasteiger partial charge >= 0.3 is 0 Å². The highest BCUT2D eigenvalue weighted by Gasteiger charge is 2.15. The molecule has 0 bridgehead atoms. The third-order valence-corrected chi connectivity index (χ3v) is 5.23. The van der Waals surface area contributed by atoms with Crippen LogP contribution in [0, 0.1) is 20.8 Å². The van der Waals surface area contributed by atoms with Gasteiger partial charge in [-0.2, -0.15) is 0 Å². The zero-order valence-corrected chi connectivity index (χ0v) is 15.3. The Balaban J connectivity index is 1.88. The fourth-order valence-electron chi connectivity index (χ4n) is 3.06. The van der Waals surface area contributed by atoms with E-state index in [1.165, 1.54) is 32.7 Å². The molecule has 0 aliphatic carbocycles. The minimum atomic E-state index is 0.374. The molecule has 24 heavy (non-hydrogen) atoms. The normalized spacial score (nSPS) is 12.1. The zero-order chi connectivity index (χ0) is 16.9. The van der Waals surface area contributed by atoms with Gasteiger partial charge < -0.3 is 0 Å². The van der Waals surface area contributed by atoms with Gasteiger partial charge in [-0.15, -0.1) is 11.8 Å². The lowest BCUT2D eigenvalue weighted by Crippen LogP contribution is -2.05. The van der Waals surface area contributed by atoms with Crippen molar-refractivity contribution in [1.29, 1.82) is 0 Å². The SMILES string of the molecule is Cc1cc(C)cc(SCC(c2ccncc2)c2cccc(C)c2)c1. The van der Waals surface area contributed by atoms with Crippen LogP contribution in [0.3, 0.4) is 0 Å². The van der Waals surface area contributed by atoms with Gasteiger partial charge in [0.1, 0.15) is 0 Å². The Morgan fingerprint density at radius 1 is 0.792 bits per heavy atom. The number of benzene rings is 2. The molecule has 0 spiro atoms. The molecule has 3 rings (SSSR count). The minimum Gasteiger partial charge on any atom is -0.265 e. The molecule has 2 heteroatoms. The summed E-state index contributed by atoms with van der Waals surface area (Å²) in [5, 5.41) is 0. The van der Waals surface area contributed by atoms with Crippen LogP contribution in [0.25, 0.3) is 0 Å². The second-order valence-corrected chi connectivity index (χ2v) is 7.48. The molecular weight excluding hydrogens is 310 g/mol. The number of hydrogen-bond donors (Lipinski definition) is 0. The fourth-order valence-corrected chi connectivity index (χ4v) is 4.35. The van der Waals surface area contributed by atoms with E-state index in [1.54, 1.807) is 0 Å². The first-order valence-electron chi connectivity index (χ1n) is 8.29. The fraction of sp³-hybridized carbons (Fsp3) is 0.227. The average Bonchev–Trinajstić information content (AvgIpc) is 2.55. The molecule has 0 radical (unpaired) electrons. The van der Waals surface area contributed by atoms with Crippen LogP contribution in [0.2, 0.25) is 0 Å². The van der Waals surface area contributed by atoms with E-state index in [0.717, 1.165) is 5.75 Å². The predicted octanol–water partition coefficient (Wildman–Crippen LogP) is 5.93. The molecule has 2 aromatic carbocycles. The molecular formula is C22H23NS. The third kappa shape index (κ3) is 4.27. The van der Waals surface area contributed by atoms with Crippen molar-refractivity contribution >= 4 is 11.8 Å². The highest BCUT2D eigenvalue weighted by Crippen LogP contribution is 2.32. The van der Waals surface area contributed by atoms with Crippen molar-refractivity contribution < 1.29 is 0 Å². The van der Waals surface area contributed by atoms with Crippen molar-refractivity contribution in [3.05, 3.63) is 94.8 Å². The van der Waals surface area contributed by atoms with E-state index >= 15 is 0 Å². The van der Waals surface area contributed by atoms with Crippen LogP contribution in [0.1, 0.15) is 33.7 Å². The second-order valence-electron chi connectivity index (χ2n) is 6.38. The molecule has 0 aliphatic rings. The minimum absolute atomic E-state index is 0.374. The second kappa shape index (κ2) is 7.67. The van der Waals surface area contributed by atoms with E-state index in [9.17, 15) is 0 Å². The van der Waals surface area contributed by atoms with Gasteiger partial charge in [0.25, 0.3) is 0 Å². The summed E-state index contributed by atoms with van der Waals surface area (Å²) in [7, 11) is 0. The van der Waals surface area contributed by atoms with E-state index in [4.69, 9.17) is 0 Å². The monoisotopic (exact) mass is 333 g/mol. The van der Waals surface area contributed by atoms with Crippen molar-refractivity contribution in [2.24, 2.45) is 0 Å². The van der Waals surface area contributed by atoms with Gasteiger partial charge in [0.15, 0.2) is 0 Å². The Morgan fingerprint density at radius 2 is 1.50 bits per heavy atom. The lowest BCUT2D eigenvalue weighted by molar-refractivity contribution is 0.928. The standard InChI is InChI=1S/C22H23NS/c1-16-5-4-6-20(12-16)22(19-7-9-23-10-8-19)15-24-21-13-17(2)11-18(3)14-21/h4-14,22H,15H2,1-3H3. The lowest BCUT2D eigenvalue weighted by atomic mass is 9.93. The van der Waals surface area contributed by atoms with Crippen LogP contribution in [0.5, 0.6) is 0 Å². The van der Waals surface area contributed by atoms with E-state index in [-0.39, 0.29) is 0 Å². The number of rotatable bonds is 5. The van der Waals surface area contributed by atoms with Crippen LogP contribution >= 0.6 is 11.8 Å². The van der Waals surface area contributed by atoms with Gasteiger partial charge in [0.05, 0.1) is 0 Å². The summed E-state index contributed by atoms with van der Waals surface area (Å²) in [5.41, 5.74) is 6.66. The number of hydrogen-bond acceptors (Lipinski definition) is 2. The van der Waals surface area contributed by atoms with E-state index in [1.807, 2.05) is 24.2 Å². The Labute approximate surface area is 149 Å². The molecule has 122 valence electrons. The Morgan fingerprint density at radius 3 is 2.17 bits per heavy atom. The van der Waals surface area contributed by atoms with Crippen LogP contribution in [-0.2, 0) is 0 Å². The topological polar surface area (TPSA) is 12.9 Å². The maximum Gasteiger partial charge on any atom is 0.0270 e. The molecule has 3 aromatic rings. The van der Waals surface area contributed by atoms with Crippen LogP contribution in [0.4, 0.5) is 0 Å². The van der Waals surface area contributed by atoms with Gasteiger partial charge in [0, 0.05) is 29.0 Å². The van der Waals surface area contributed by atoms with Crippen LogP contribution in [0.15, 0.2) is 71.9 Å². The largest absolute Gasteiger partial charge is 0.265 e. The third-order valence-electron chi connectivity index (χ3n) is 4.16. The molecule has 1 aromatic heterocycles. The first-order chi connectivity index (χ1) is 11.6. The molecule has 0 N–H and O–H groups in total. The average molecular weight is 334 g/mol. The summed E-state index contributed by atoms with van der Waals surface area (Å²) >= 11 is 1.93. The van der Waals surface area contributed by atoms with Gasteiger partial charge in [-0.3, -0.25) is 4.98 Å². The van der Waals surface area contributed by atoms with Gasteiger partial charge in [-0.25, -0.2) is 0 Å². The van der Waals surface area contributed by atoms with Crippen molar-refractivity contribution in [1.82, 2.24) is 4.98 Å². The summed E-state index contributed by atoms with van der Waals surface area (Å²) < 4.78 is 0. The molecule has 1 nitrogen and oxygen atoms in total. The van der Waals surface area contributed by atoms with Crippen molar-refractivity contribution in [3.8, 4) is 0 Å². The van der Waals surface area contributed by atoms with E-state index in [0.29, 0.717) is 5.92 Å². The summed E-state index contributed by atoms with van der Waals surface area (Å²) in [4.78, 5) is 5.52. The number of aromatic nitrogens is 1. The summed E-state index contributed by atoms with van der Waals surface area (Å²) in [6.07, 6.45) is 3.78. The number of pyridine rings is 1. The molecule has 1 atom stereocenters. The van der Waals surface area contributed by atoms with Crippen molar-refractivity contribution in [3.63, 3.8) is 0 Å². The number of thioether (sulfide) groups is 1. The van der Waals surface area contributed by atoms with Crippen molar-refractivity contribution in [2.75, 3.05) is 5.75 Å². The van der Waals surface area contributed by atoms with E-state index in [2.05, 4.69) is 80.4 Å². The summed E-state index contributed by atoms with van der Waals surface area (Å²) in [6, 6.07) is 19.9. The van der Waals surface area contributed by atoms with Gasteiger partial charge in [-0.1, -0.05) is 35.9 Å². The van der Waals surface area contributed by atoms with Gasteiger partial charge in [0.2, 0.25) is 0 Å². The number of nitrogens with zero attached hydrogens (tertiary/aromatic N) is 1. The maximum atomic E-state index is 4.17. The Hall–Kier alpha value is -2.06. The Bertz CT molecular complexity index is 791. The first kappa shape index (κ1) is 16.8. The highest BCUT2D eigenvalue weighted by molar-refractivity contribution is 7.99.